The molecule has 0 saturated carbocycles. The van der Waals surface area contributed by atoms with Crippen LogP contribution in [0.2, 0.25) is 0 Å². The van der Waals surface area contributed by atoms with Crippen LogP contribution in [0.3, 0.4) is 0 Å². The van der Waals surface area contributed by atoms with Crippen LogP contribution in [0, 0.1) is 23.0 Å². The molecule has 2 saturated heterocycles. The first kappa shape index (κ1) is 27.0. The second kappa shape index (κ2) is 11.2. The lowest BCUT2D eigenvalue weighted by Crippen LogP contribution is -2.60. The van der Waals surface area contributed by atoms with Crippen molar-refractivity contribution >= 4 is 11.9 Å². The Balaban J connectivity index is 1.55. The monoisotopic (exact) mass is 512 g/mol. The first-order chi connectivity index (χ1) is 17.5. The topological polar surface area (TPSA) is 69.9 Å². The molecule has 3 amide bonds. The first-order valence-corrected chi connectivity index (χ1v) is 13.1. The van der Waals surface area contributed by atoms with Crippen LogP contribution in [0.25, 0.3) is 0 Å². The molecule has 0 bridgehead atoms. The van der Waals surface area contributed by atoms with Gasteiger partial charge >= 0.3 is 6.03 Å². The van der Waals surface area contributed by atoms with Gasteiger partial charge in [-0.15, -0.1) is 0 Å². The van der Waals surface area contributed by atoms with Gasteiger partial charge in [-0.25, -0.2) is 13.6 Å². The van der Waals surface area contributed by atoms with Gasteiger partial charge in [-0.1, -0.05) is 51.1 Å². The zero-order chi connectivity index (χ0) is 26.7. The van der Waals surface area contributed by atoms with Crippen molar-refractivity contribution in [3.63, 3.8) is 0 Å². The van der Waals surface area contributed by atoms with Crippen molar-refractivity contribution in [2.45, 2.75) is 52.1 Å². The van der Waals surface area contributed by atoms with Crippen molar-refractivity contribution < 1.29 is 18.4 Å². The van der Waals surface area contributed by atoms with Crippen LogP contribution in [-0.2, 0) is 4.79 Å². The van der Waals surface area contributed by atoms with Gasteiger partial charge in [0.05, 0.1) is 6.04 Å². The van der Waals surface area contributed by atoms with Gasteiger partial charge in [-0.05, 0) is 47.9 Å². The third kappa shape index (κ3) is 6.29. The predicted octanol–water partition coefficient (Wildman–Crippen LogP) is 4.79. The maximum absolute atomic E-state index is 15.0. The van der Waals surface area contributed by atoms with E-state index in [1.54, 1.807) is 29.2 Å². The van der Waals surface area contributed by atoms with Crippen molar-refractivity contribution in [2.75, 3.05) is 32.7 Å². The minimum atomic E-state index is -0.403. The summed E-state index contributed by atoms with van der Waals surface area (Å²) in [4.78, 5) is 30.8. The van der Waals surface area contributed by atoms with Crippen molar-refractivity contribution in [2.24, 2.45) is 17.1 Å². The molecule has 2 aromatic carbocycles. The Labute approximate surface area is 218 Å². The fourth-order valence-corrected chi connectivity index (χ4v) is 5.73. The number of piperazine rings is 1. The number of amides is 3. The molecule has 0 aliphatic carbocycles. The van der Waals surface area contributed by atoms with Gasteiger partial charge < -0.3 is 15.5 Å². The fourth-order valence-electron chi connectivity index (χ4n) is 5.73. The normalized spacial score (nSPS) is 20.6. The molecule has 2 atom stereocenters. The van der Waals surface area contributed by atoms with E-state index in [0.29, 0.717) is 44.7 Å². The van der Waals surface area contributed by atoms with Gasteiger partial charge in [0.2, 0.25) is 5.91 Å². The highest BCUT2D eigenvalue weighted by Crippen LogP contribution is 2.36. The van der Waals surface area contributed by atoms with E-state index < -0.39 is 6.03 Å². The summed E-state index contributed by atoms with van der Waals surface area (Å²) in [5.74, 6) is -0.279. The molecule has 2 aliphatic rings. The van der Waals surface area contributed by atoms with Crippen molar-refractivity contribution in [1.82, 2.24) is 14.7 Å². The number of rotatable bonds is 5. The van der Waals surface area contributed by atoms with E-state index in [1.807, 2.05) is 11.0 Å². The largest absolute Gasteiger partial charge is 0.351 e. The molecule has 1 unspecified atom stereocenters. The van der Waals surface area contributed by atoms with E-state index in [-0.39, 0.29) is 41.0 Å². The Bertz CT molecular complexity index is 1090. The summed E-state index contributed by atoms with van der Waals surface area (Å²) in [6, 6.07) is 12.1. The highest BCUT2D eigenvalue weighted by molar-refractivity contribution is 5.77. The van der Waals surface area contributed by atoms with E-state index in [0.717, 1.165) is 18.4 Å². The quantitative estimate of drug-likeness (QED) is 0.626. The van der Waals surface area contributed by atoms with Crippen LogP contribution < -0.4 is 5.73 Å². The van der Waals surface area contributed by atoms with Crippen LogP contribution >= 0.6 is 0 Å². The molecule has 6 nitrogen and oxygen atoms in total. The van der Waals surface area contributed by atoms with Gasteiger partial charge in [-0.3, -0.25) is 9.69 Å². The lowest BCUT2D eigenvalue weighted by molar-refractivity contribution is -0.141. The summed E-state index contributed by atoms with van der Waals surface area (Å²) in [6.07, 6.45) is 2.00. The van der Waals surface area contributed by atoms with Gasteiger partial charge in [0.25, 0.3) is 0 Å². The molecule has 0 radical (unpaired) electrons. The number of benzene rings is 2. The average Bonchev–Trinajstić information content (AvgIpc) is 2.86. The van der Waals surface area contributed by atoms with E-state index in [1.165, 1.54) is 18.2 Å². The molecular weight excluding hydrogens is 474 g/mol. The molecule has 2 aliphatic heterocycles. The number of primary amides is 1. The average molecular weight is 513 g/mol. The minimum Gasteiger partial charge on any atom is -0.351 e. The number of piperidine rings is 1. The maximum atomic E-state index is 15.0. The second-order valence-corrected chi connectivity index (χ2v) is 11.4. The van der Waals surface area contributed by atoms with E-state index >= 15 is 4.39 Å². The highest BCUT2D eigenvalue weighted by atomic mass is 19.1. The van der Waals surface area contributed by atoms with E-state index in [4.69, 9.17) is 5.73 Å². The molecule has 2 fully saturated rings. The molecule has 2 aromatic rings. The number of carbonyl (C=O) groups excluding carboxylic acids is 2. The number of carbonyl (C=O) groups is 2. The zero-order valence-corrected chi connectivity index (χ0v) is 22.0. The summed E-state index contributed by atoms with van der Waals surface area (Å²) in [6.45, 7) is 9.25. The third-order valence-electron chi connectivity index (χ3n) is 7.87. The predicted molar refractivity (Wildman–Crippen MR) is 140 cm³/mol. The summed E-state index contributed by atoms with van der Waals surface area (Å²) in [5.41, 5.74) is 6.56. The summed E-state index contributed by atoms with van der Waals surface area (Å²) in [7, 11) is 0. The van der Waals surface area contributed by atoms with Gasteiger partial charge in [-0.2, -0.15) is 0 Å². The highest BCUT2D eigenvalue weighted by Gasteiger charge is 2.41. The van der Waals surface area contributed by atoms with Crippen LogP contribution in [0.5, 0.6) is 0 Å². The van der Waals surface area contributed by atoms with E-state index in [2.05, 4.69) is 25.7 Å². The lowest BCUT2D eigenvalue weighted by atomic mass is 9.82. The van der Waals surface area contributed by atoms with Crippen LogP contribution in [-0.4, -0.2) is 65.4 Å². The van der Waals surface area contributed by atoms with Gasteiger partial charge in [0, 0.05) is 50.7 Å². The molecule has 4 rings (SSSR count). The number of nitrogens with zero attached hydrogens (tertiary/aromatic N) is 3. The van der Waals surface area contributed by atoms with Crippen LogP contribution in [0.1, 0.15) is 57.2 Å². The molecule has 2 N–H and O–H groups in total. The third-order valence-corrected chi connectivity index (χ3v) is 7.87. The van der Waals surface area contributed by atoms with Crippen LogP contribution in [0.15, 0.2) is 48.5 Å². The SMILES string of the molecule is CC(C)(C)[C@H]1CN(C(c2ccc(F)cc2)c2ccccc2F)CCN1C(=O)CC1CCN(C(N)=O)CC1. The molecular formula is C29H38F2N4O2. The summed E-state index contributed by atoms with van der Waals surface area (Å²) >= 11 is 0. The first-order valence-electron chi connectivity index (χ1n) is 13.1. The lowest BCUT2D eigenvalue weighted by Gasteiger charge is -2.50. The second-order valence-electron chi connectivity index (χ2n) is 11.4. The Morgan fingerprint density at radius 2 is 1.62 bits per heavy atom. The number of hydrogen-bond acceptors (Lipinski definition) is 3. The fraction of sp³-hybridized carbons (Fsp3) is 0.517. The maximum Gasteiger partial charge on any atom is 0.314 e. The Morgan fingerprint density at radius 1 is 0.973 bits per heavy atom. The van der Waals surface area contributed by atoms with Crippen molar-refractivity contribution in [3.8, 4) is 0 Å². The van der Waals surface area contributed by atoms with Gasteiger partial charge in [0.1, 0.15) is 11.6 Å². The number of nitrogens with two attached hydrogens (primary N) is 1. The Kier molecular flexibility index (Phi) is 8.17. The zero-order valence-electron chi connectivity index (χ0n) is 22.0. The van der Waals surface area contributed by atoms with Crippen molar-refractivity contribution in [3.05, 3.63) is 71.3 Å². The number of halogens is 2. The Morgan fingerprint density at radius 3 is 2.22 bits per heavy atom. The summed E-state index contributed by atoms with van der Waals surface area (Å²) < 4.78 is 28.8. The molecule has 37 heavy (non-hydrogen) atoms. The standard InChI is InChI=1S/C29H38F2N4O2/c1-29(2,3)25-19-34(16-17-35(25)26(36)18-20-12-14-33(15-13-20)28(32)37)27(21-8-10-22(30)11-9-21)23-6-4-5-7-24(23)31/h4-11,20,25,27H,12-19H2,1-3H3,(H2,32,37)/t25-,27?/m1/s1. The molecule has 2 heterocycles. The Hall–Kier alpha value is -3.00. The van der Waals surface area contributed by atoms with E-state index in [9.17, 15) is 14.0 Å². The summed E-state index contributed by atoms with van der Waals surface area (Å²) in [5, 5.41) is 0. The number of hydrogen-bond donors (Lipinski definition) is 1. The molecule has 8 heteroatoms. The van der Waals surface area contributed by atoms with Gasteiger partial charge in [0.15, 0.2) is 0 Å². The molecule has 0 aromatic heterocycles. The number of urea groups is 1. The van der Waals surface area contributed by atoms with Crippen molar-refractivity contribution in [1.29, 1.82) is 0 Å². The minimum absolute atomic E-state index is 0.0748. The van der Waals surface area contributed by atoms with Crippen LogP contribution in [0.4, 0.5) is 13.6 Å². The smallest absolute Gasteiger partial charge is 0.314 e. The molecule has 200 valence electrons. The number of likely N-dealkylation sites (tertiary alicyclic amines) is 1. The molecule has 0 spiro atoms.